The van der Waals surface area contributed by atoms with Crippen molar-refractivity contribution >= 4 is 5.97 Å². The van der Waals surface area contributed by atoms with Crippen LogP contribution in [0, 0.1) is 0 Å². The Hall–Kier alpha value is -0.730. The Balaban J connectivity index is 3.42. The molecule has 0 aromatic heterocycles. The van der Waals surface area contributed by atoms with E-state index in [1.165, 1.54) is 5.01 Å². The van der Waals surface area contributed by atoms with Gasteiger partial charge in [-0.1, -0.05) is 0 Å². The second-order valence-corrected chi connectivity index (χ2v) is 3.00. The molecule has 7 heteroatoms. The Kier molecular flexibility index (Phi) is 7.25. The van der Waals surface area contributed by atoms with Gasteiger partial charge in [-0.15, -0.1) is 0 Å². The van der Waals surface area contributed by atoms with E-state index in [9.17, 15) is 4.79 Å². The van der Waals surface area contributed by atoms with Crippen LogP contribution in [0.3, 0.4) is 0 Å². The molecule has 0 unspecified atom stereocenters. The highest BCUT2D eigenvalue weighted by atomic mass is 16.4. The van der Waals surface area contributed by atoms with Crippen molar-refractivity contribution in [3.63, 3.8) is 0 Å². The van der Waals surface area contributed by atoms with Gasteiger partial charge < -0.3 is 10.8 Å². The fourth-order valence-corrected chi connectivity index (χ4v) is 0.886. The van der Waals surface area contributed by atoms with Crippen molar-refractivity contribution in [2.75, 3.05) is 32.7 Å². The number of hydrogen-bond donors (Lipinski definition) is 4. The minimum Gasteiger partial charge on any atom is -0.481 e. The second-order valence-electron chi connectivity index (χ2n) is 3.00. The maximum absolute atomic E-state index is 10.2. The summed E-state index contributed by atoms with van der Waals surface area (Å²) in [6.45, 7) is 2.53. The Morgan fingerprint density at radius 2 is 1.57 bits per heavy atom. The summed E-state index contributed by atoms with van der Waals surface area (Å²) in [4.78, 5) is 10.2. The largest absolute Gasteiger partial charge is 0.481 e. The van der Waals surface area contributed by atoms with Gasteiger partial charge in [-0.3, -0.25) is 16.5 Å². The van der Waals surface area contributed by atoms with Gasteiger partial charge in [0.15, 0.2) is 0 Å². The van der Waals surface area contributed by atoms with Crippen LogP contribution in [-0.2, 0) is 4.79 Å². The topological polar surface area (TPSA) is 122 Å². The summed E-state index contributed by atoms with van der Waals surface area (Å²) in [5.74, 6) is 10.2. The Bertz CT molecular complexity index is 166. The van der Waals surface area contributed by atoms with Gasteiger partial charge >= 0.3 is 5.97 Å². The first-order valence-electron chi connectivity index (χ1n) is 4.47. The van der Waals surface area contributed by atoms with Crippen molar-refractivity contribution in [1.82, 2.24) is 10.0 Å². The van der Waals surface area contributed by atoms with Crippen molar-refractivity contribution in [3.8, 4) is 0 Å². The lowest BCUT2D eigenvalue weighted by atomic mass is 10.4. The third-order valence-electron chi connectivity index (χ3n) is 1.70. The number of nitrogens with two attached hydrogens (primary N) is 3. The number of carboxylic acid groups (broad SMARTS) is 1. The first-order chi connectivity index (χ1) is 6.56. The lowest BCUT2D eigenvalue weighted by Gasteiger charge is -2.20. The summed E-state index contributed by atoms with van der Waals surface area (Å²) in [6.07, 6.45) is 0.0396. The Morgan fingerprint density at radius 3 is 2.00 bits per heavy atom. The summed E-state index contributed by atoms with van der Waals surface area (Å²) in [6, 6.07) is 0. The molecule has 7 nitrogen and oxygen atoms in total. The molecule has 0 bridgehead atoms. The Morgan fingerprint density at radius 1 is 1.07 bits per heavy atom. The molecule has 7 N–H and O–H groups in total. The van der Waals surface area contributed by atoms with E-state index in [1.54, 1.807) is 5.01 Å². The van der Waals surface area contributed by atoms with Crippen molar-refractivity contribution in [2.45, 2.75) is 6.42 Å². The van der Waals surface area contributed by atoms with Gasteiger partial charge in [-0.2, -0.15) is 0 Å². The normalized spacial score (nSPS) is 11.2. The predicted octanol–water partition coefficient (Wildman–Crippen LogP) is -2.23. The lowest BCUT2D eigenvalue weighted by Crippen LogP contribution is -2.44. The molecule has 0 aliphatic carbocycles. The molecule has 0 saturated carbocycles. The molecule has 0 radical (unpaired) electrons. The van der Waals surface area contributed by atoms with Crippen LogP contribution in [0.5, 0.6) is 0 Å². The fraction of sp³-hybridized carbons (Fsp3) is 0.857. The van der Waals surface area contributed by atoms with E-state index in [2.05, 4.69) is 0 Å². The maximum Gasteiger partial charge on any atom is 0.304 e. The van der Waals surface area contributed by atoms with E-state index in [0.29, 0.717) is 32.7 Å². The lowest BCUT2D eigenvalue weighted by molar-refractivity contribution is -0.137. The summed E-state index contributed by atoms with van der Waals surface area (Å²) >= 11 is 0. The van der Waals surface area contributed by atoms with Gasteiger partial charge in [0.05, 0.1) is 6.42 Å². The Labute approximate surface area is 83.4 Å². The molecule has 0 atom stereocenters. The van der Waals surface area contributed by atoms with Gasteiger partial charge in [-0.05, 0) is 0 Å². The maximum atomic E-state index is 10.2. The average Bonchev–Trinajstić information content (AvgIpc) is 2.12. The van der Waals surface area contributed by atoms with Crippen molar-refractivity contribution < 1.29 is 9.90 Å². The fourth-order valence-electron chi connectivity index (χ4n) is 0.886. The third kappa shape index (κ3) is 7.90. The van der Waals surface area contributed by atoms with E-state index >= 15 is 0 Å². The molecular formula is C7H19N5O2. The standard InChI is InChI=1S/C7H19N5O2/c8-2-4-12(10)6-5-11(9)3-1-7(13)14/h1-6,8-10H2,(H,13,14). The van der Waals surface area contributed by atoms with Crippen molar-refractivity contribution in [3.05, 3.63) is 0 Å². The molecule has 0 spiro atoms. The van der Waals surface area contributed by atoms with E-state index in [1.807, 2.05) is 0 Å². The minimum atomic E-state index is -0.855. The molecule has 0 aliphatic heterocycles. The van der Waals surface area contributed by atoms with Crippen LogP contribution in [0.25, 0.3) is 0 Å². The number of rotatable bonds is 8. The second kappa shape index (κ2) is 7.65. The highest BCUT2D eigenvalue weighted by molar-refractivity contribution is 5.66. The van der Waals surface area contributed by atoms with E-state index in [0.717, 1.165) is 0 Å². The molecule has 0 amide bonds. The highest BCUT2D eigenvalue weighted by Gasteiger charge is 2.04. The van der Waals surface area contributed by atoms with E-state index in [-0.39, 0.29) is 6.42 Å². The minimum absolute atomic E-state index is 0.0396. The molecule has 0 rings (SSSR count). The van der Waals surface area contributed by atoms with Gasteiger partial charge in [0.1, 0.15) is 0 Å². The van der Waals surface area contributed by atoms with Crippen LogP contribution in [0.4, 0.5) is 0 Å². The van der Waals surface area contributed by atoms with Gasteiger partial charge in [0.25, 0.3) is 0 Å². The predicted molar refractivity (Wildman–Crippen MR) is 52.8 cm³/mol. The third-order valence-corrected chi connectivity index (χ3v) is 1.70. The molecule has 0 aromatic rings. The first kappa shape index (κ1) is 13.3. The number of carboxylic acids is 1. The average molecular weight is 205 g/mol. The van der Waals surface area contributed by atoms with Crippen LogP contribution >= 0.6 is 0 Å². The molecule has 0 saturated heterocycles. The van der Waals surface area contributed by atoms with Crippen LogP contribution in [0.2, 0.25) is 0 Å². The van der Waals surface area contributed by atoms with Crippen molar-refractivity contribution in [1.29, 1.82) is 0 Å². The van der Waals surface area contributed by atoms with E-state index < -0.39 is 5.97 Å². The molecular weight excluding hydrogens is 186 g/mol. The molecule has 0 aliphatic rings. The van der Waals surface area contributed by atoms with Crippen LogP contribution in [-0.4, -0.2) is 53.8 Å². The van der Waals surface area contributed by atoms with Gasteiger partial charge in [0, 0.05) is 32.7 Å². The number of nitrogens with zero attached hydrogens (tertiary/aromatic N) is 2. The molecule has 84 valence electrons. The quantitative estimate of drug-likeness (QED) is 0.261. The van der Waals surface area contributed by atoms with Gasteiger partial charge in [0.2, 0.25) is 0 Å². The first-order valence-corrected chi connectivity index (χ1v) is 4.47. The smallest absolute Gasteiger partial charge is 0.304 e. The number of hydrazine groups is 2. The molecule has 14 heavy (non-hydrogen) atoms. The van der Waals surface area contributed by atoms with Crippen LogP contribution in [0.1, 0.15) is 6.42 Å². The number of carbonyl (C=O) groups is 1. The molecule has 0 heterocycles. The summed E-state index contributed by atoms with van der Waals surface area (Å²) < 4.78 is 0. The SMILES string of the molecule is NCCN(N)CCN(N)CCC(=O)O. The van der Waals surface area contributed by atoms with Crippen LogP contribution in [0.15, 0.2) is 0 Å². The summed E-state index contributed by atoms with van der Waals surface area (Å²) in [7, 11) is 0. The molecule has 0 aromatic carbocycles. The zero-order valence-electron chi connectivity index (χ0n) is 8.22. The van der Waals surface area contributed by atoms with Crippen LogP contribution < -0.4 is 17.4 Å². The van der Waals surface area contributed by atoms with E-state index in [4.69, 9.17) is 22.5 Å². The van der Waals surface area contributed by atoms with Crippen molar-refractivity contribution in [2.24, 2.45) is 17.4 Å². The number of aliphatic carboxylic acids is 1. The summed E-state index contributed by atoms with van der Waals surface area (Å²) in [5.41, 5.74) is 5.29. The summed E-state index contributed by atoms with van der Waals surface area (Å²) in [5, 5.41) is 11.4. The highest BCUT2D eigenvalue weighted by Crippen LogP contribution is 1.85. The number of hydrogen-bond acceptors (Lipinski definition) is 6. The zero-order valence-corrected chi connectivity index (χ0v) is 8.22. The zero-order chi connectivity index (χ0) is 11.0. The molecule has 0 fully saturated rings. The van der Waals surface area contributed by atoms with Gasteiger partial charge in [-0.25, -0.2) is 10.0 Å². The monoisotopic (exact) mass is 205 g/mol.